The summed E-state index contributed by atoms with van der Waals surface area (Å²) < 4.78 is 1.60. The molecule has 0 radical (unpaired) electrons. The summed E-state index contributed by atoms with van der Waals surface area (Å²) in [7, 11) is 1.75. The van der Waals surface area contributed by atoms with Crippen molar-refractivity contribution in [2.45, 2.75) is 26.2 Å². The molecule has 0 fully saturated rings. The number of nitrogens with two attached hydrogens (primary N) is 1. The molecule has 0 aliphatic rings. The Morgan fingerprint density at radius 3 is 2.45 bits per heavy atom. The van der Waals surface area contributed by atoms with Gasteiger partial charge in [-0.3, -0.25) is 4.68 Å². The van der Waals surface area contributed by atoms with Crippen LogP contribution in [0.15, 0.2) is 24.3 Å². The van der Waals surface area contributed by atoms with Crippen molar-refractivity contribution < 1.29 is 4.79 Å². The predicted octanol–water partition coefficient (Wildman–Crippen LogP) is 4.24. The van der Waals surface area contributed by atoms with Crippen LogP contribution in [-0.4, -0.2) is 15.8 Å². The van der Waals surface area contributed by atoms with Crippen LogP contribution in [0.4, 0.5) is 16.3 Å². The van der Waals surface area contributed by atoms with Gasteiger partial charge in [-0.25, -0.2) is 9.69 Å². The molecule has 2 rings (SSSR count). The lowest BCUT2D eigenvalue weighted by Gasteiger charge is -2.21. The number of carbonyl (C=O) groups is 1. The van der Waals surface area contributed by atoms with E-state index >= 15 is 0 Å². The third-order valence-corrected chi connectivity index (χ3v) is 4.05. The van der Waals surface area contributed by atoms with E-state index in [1.54, 1.807) is 29.9 Å². The van der Waals surface area contributed by atoms with Gasteiger partial charge in [0.25, 0.3) is 0 Å². The summed E-state index contributed by atoms with van der Waals surface area (Å²) in [4.78, 5) is 13.3. The molecular weight excluding hydrogens is 323 g/mol. The summed E-state index contributed by atoms with van der Waals surface area (Å²) in [6.45, 7) is 6.13. The highest BCUT2D eigenvalue weighted by molar-refractivity contribution is 6.44. The van der Waals surface area contributed by atoms with Crippen LogP contribution in [0, 0.1) is 0 Å². The van der Waals surface area contributed by atoms with Gasteiger partial charge in [-0.15, -0.1) is 0 Å². The van der Waals surface area contributed by atoms with Gasteiger partial charge >= 0.3 is 6.03 Å². The maximum absolute atomic E-state index is 12.0. The first-order valence-electron chi connectivity index (χ1n) is 6.71. The van der Waals surface area contributed by atoms with Crippen molar-refractivity contribution in [3.8, 4) is 0 Å². The van der Waals surface area contributed by atoms with E-state index in [9.17, 15) is 4.79 Å². The molecule has 0 spiro atoms. The molecule has 2 N–H and O–H groups in total. The second-order valence-corrected chi connectivity index (χ2v) is 6.79. The molecule has 5 nitrogen and oxygen atoms in total. The summed E-state index contributed by atoms with van der Waals surface area (Å²) in [5, 5.41) is 5.07. The van der Waals surface area contributed by atoms with Crippen molar-refractivity contribution in [2.24, 2.45) is 12.8 Å². The first-order valence-corrected chi connectivity index (χ1v) is 7.46. The number of primary amides is 1. The summed E-state index contributed by atoms with van der Waals surface area (Å²) >= 11 is 12.3. The lowest BCUT2D eigenvalue weighted by Crippen LogP contribution is -2.33. The van der Waals surface area contributed by atoms with Crippen LogP contribution in [0.1, 0.15) is 26.5 Å². The Balaban J connectivity index is 2.62. The zero-order chi connectivity index (χ0) is 16.7. The molecule has 0 atom stereocenters. The maximum Gasteiger partial charge on any atom is 0.325 e. The second kappa shape index (κ2) is 5.82. The Hall–Kier alpha value is -1.72. The normalized spacial score (nSPS) is 11.5. The summed E-state index contributed by atoms with van der Waals surface area (Å²) in [6.07, 6.45) is 0. The predicted molar refractivity (Wildman–Crippen MR) is 90.1 cm³/mol. The van der Waals surface area contributed by atoms with E-state index < -0.39 is 6.03 Å². The minimum atomic E-state index is -0.660. The summed E-state index contributed by atoms with van der Waals surface area (Å²) in [5.74, 6) is 0.529. The van der Waals surface area contributed by atoms with Crippen LogP contribution in [0.25, 0.3) is 0 Å². The van der Waals surface area contributed by atoms with Gasteiger partial charge in [0, 0.05) is 18.5 Å². The third-order valence-electron chi connectivity index (χ3n) is 3.25. The van der Waals surface area contributed by atoms with Crippen LogP contribution in [0.2, 0.25) is 10.0 Å². The standard InChI is InChI=1S/C15H18Cl2N4O/c1-15(2,3)11-8-12(20(4)19-11)21(14(18)22)10-7-5-6-9(16)13(10)17/h5-8H,1-4H3,(H2,18,22). The number of halogens is 2. The third kappa shape index (κ3) is 3.05. The van der Waals surface area contributed by atoms with Crippen LogP contribution < -0.4 is 10.6 Å². The molecule has 1 aromatic heterocycles. The van der Waals surface area contributed by atoms with Gasteiger partial charge in [-0.2, -0.15) is 5.10 Å². The summed E-state index contributed by atoms with van der Waals surface area (Å²) in [6, 6.07) is 6.20. The Kier molecular flexibility index (Phi) is 4.40. The quantitative estimate of drug-likeness (QED) is 0.888. The molecule has 0 unspecified atom stereocenters. The molecule has 0 aliphatic carbocycles. The molecule has 2 amide bonds. The Bertz CT molecular complexity index is 719. The van der Waals surface area contributed by atoms with E-state index in [4.69, 9.17) is 28.9 Å². The van der Waals surface area contributed by atoms with Crippen LogP contribution in [-0.2, 0) is 12.5 Å². The smallest absolute Gasteiger partial charge is 0.325 e. The molecular formula is C15H18Cl2N4O. The number of rotatable bonds is 2. The molecule has 1 aromatic carbocycles. The van der Waals surface area contributed by atoms with Gasteiger partial charge in [-0.1, -0.05) is 50.0 Å². The second-order valence-electron chi connectivity index (χ2n) is 6.01. The number of amides is 2. The Morgan fingerprint density at radius 1 is 1.32 bits per heavy atom. The van der Waals surface area contributed by atoms with Gasteiger partial charge < -0.3 is 5.73 Å². The molecule has 0 aliphatic heterocycles. The lowest BCUT2D eigenvalue weighted by molar-refractivity contribution is 0.255. The highest BCUT2D eigenvalue weighted by Crippen LogP contribution is 2.37. The number of nitrogens with zero attached hydrogens (tertiary/aromatic N) is 3. The summed E-state index contributed by atoms with van der Waals surface area (Å²) in [5.41, 5.74) is 6.66. The topological polar surface area (TPSA) is 64.2 Å². The van der Waals surface area contributed by atoms with Crippen LogP contribution in [0.3, 0.4) is 0 Å². The molecule has 118 valence electrons. The number of anilines is 2. The molecule has 2 aromatic rings. The van der Waals surface area contributed by atoms with Gasteiger partial charge in [0.05, 0.1) is 21.4 Å². The highest BCUT2D eigenvalue weighted by Gasteiger charge is 2.26. The molecule has 0 bridgehead atoms. The number of benzene rings is 1. The SMILES string of the molecule is Cn1nc(C(C)(C)C)cc1N(C(N)=O)c1cccc(Cl)c1Cl. The van der Waals surface area contributed by atoms with Gasteiger partial charge in [0.15, 0.2) is 0 Å². The van der Waals surface area contributed by atoms with Gasteiger partial charge in [0.1, 0.15) is 5.82 Å². The van der Waals surface area contributed by atoms with E-state index in [0.717, 1.165) is 5.69 Å². The number of urea groups is 1. The number of carbonyl (C=O) groups excluding carboxylic acids is 1. The minimum absolute atomic E-state index is 0.155. The van der Waals surface area contributed by atoms with E-state index in [1.165, 1.54) is 4.90 Å². The number of aromatic nitrogens is 2. The average Bonchev–Trinajstić information content (AvgIpc) is 2.77. The molecule has 22 heavy (non-hydrogen) atoms. The fourth-order valence-corrected chi connectivity index (χ4v) is 2.43. The molecule has 1 heterocycles. The molecule has 0 saturated heterocycles. The monoisotopic (exact) mass is 340 g/mol. The van der Waals surface area contributed by atoms with Crippen molar-refractivity contribution >= 4 is 40.7 Å². The van der Waals surface area contributed by atoms with Crippen molar-refractivity contribution in [3.05, 3.63) is 40.0 Å². The molecule has 0 saturated carbocycles. The first kappa shape index (κ1) is 16.6. The van der Waals surface area contributed by atoms with E-state index in [1.807, 2.05) is 26.8 Å². The molecule has 7 heteroatoms. The van der Waals surface area contributed by atoms with E-state index in [2.05, 4.69) is 5.10 Å². The number of hydrogen-bond acceptors (Lipinski definition) is 2. The van der Waals surface area contributed by atoms with Crippen molar-refractivity contribution in [1.29, 1.82) is 0 Å². The Labute approximate surface area is 139 Å². The maximum atomic E-state index is 12.0. The van der Waals surface area contributed by atoms with E-state index in [0.29, 0.717) is 16.5 Å². The van der Waals surface area contributed by atoms with Gasteiger partial charge in [0.2, 0.25) is 0 Å². The first-order chi connectivity index (χ1) is 10.1. The van der Waals surface area contributed by atoms with Crippen LogP contribution >= 0.6 is 23.2 Å². The van der Waals surface area contributed by atoms with Gasteiger partial charge in [-0.05, 0) is 12.1 Å². The minimum Gasteiger partial charge on any atom is -0.351 e. The number of hydrogen-bond donors (Lipinski definition) is 1. The van der Waals surface area contributed by atoms with Crippen molar-refractivity contribution in [1.82, 2.24) is 9.78 Å². The number of aryl methyl sites for hydroxylation is 1. The lowest BCUT2D eigenvalue weighted by atomic mass is 9.92. The van der Waals surface area contributed by atoms with Crippen LogP contribution in [0.5, 0.6) is 0 Å². The van der Waals surface area contributed by atoms with Crippen molar-refractivity contribution in [3.63, 3.8) is 0 Å². The van der Waals surface area contributed by atoms with E-state index in [-0.39, 0.29) is 10.4 Å². The fourth-order valence-electron chi connectivity index (χ4n) is 2.05. The fraction of sp³-hybridized carbons (Fsp3) is 0.333. The largest absolute Gasteiger partial charge is 0.351 e. The Morgan fingerprint density at radius 2 is 1.95 bits per heavy atom. The highest BCUT2D eigenvalue weighted by atomic mass is 35.5. The van der Waals surface area contributed by atoms with Crippen molar-refractivity contribution in [2.75, 3.05) is 4.90 Å². The zero-order valence-electron chi connectivity index (χ0n) is 12.9. The average molecular weight is 341 g/mol. The zero-order valence-corrected chi connectivity index (χ0v) is 14.4.